The van der Waals surface area contributed by atoms with E-state index in [1.54, 1.807) is 29.0 Å². The number of halogens is 2. The van der Waals surface area contributed by atoms with Gasteiger partial charge in [-0.15, -0.1) is 0 Å². The first-order chi connectivity index (χ1) is 22.3. The van der Waals surface area contributed by atoms with Crippen LogP contribution in [0.25, 0.3) is 11.0 Å². The summed E-state index contributed by atoms with van der Waals surface area (Å²) in [7, 11) is 1.59. The summed E-state index contributed by atoms with van der Waals surface area (Å²) in [6, 6.07) is 12.5. The van der Waals surface area contributed by atoms with Gasteiger partial charge in [0, 0.05) is 37.7 Å². The number of pyridine rings is 1. The maximum absolute atomic E-state index is 13.9. The molecule has 2 fully saturated rings. The monoisotopic (exact) mass is 632 g/mol. The first-order valence-electron chi connectivity index (χ1n) is 14.9. The topological polar surface area (TPSA) is 128 Å². The van der Waals surface area contributed by atoms with Gasteiger partial charge < -0.3 is 24.1 Å². The van der Waals surface area contributed by atoms with Gasteiger partial charge in [0.05, 0.1) is 36.9 Å². The molecular formula is C32H30F2N6O6. The van der Waals surface area contributed by atoms with Crippen LogP contribution in [0.3, 0.4) is 0 Å². The minimum atomic E-state index is -1.05. The largest absolute Gasteiger partial charge is 0.497 e. The molecule has 3 aliphatic rings. The van der Waals surface area contributed by atoms with Crippen molar-refractivity contribution >= 4 is 34.7 Å². The molecule has 0 radical (unpaired) electrons. The first-order valence-corrected chi connectivity index (χ1v) is 14.9. The normalized spacial score (nSPS) is 20.7. The Morgan fingerprint density at radius 1 is 1.04 bits per heavy atom. The van der Waals surface area contributed by atoms with Crippen LogP contribution >= 0.6 is 0 Å². The second kappa shape index (κ2) is 12.0. The van der Waals surface area contributed by atoms with E-state index in [1.165, 1.54) is 4.57 Å². The van der Waals surface area contributed by atoms with Crippen LogP contribution in [0.1, 0.15) is 24.8 Å². The Balaban J connectivity index is 1.03. The fraction of sp³-hybridized carbons (Fsp3) is 0.344. The van der Waals surface area contributed by atoms with Gasteiger partial charge in [0.2, 0.25) is 0 Å². The van der Waals surface area contributed by atoms with Crippen LogP contribution < -0.4 is 30.1 Å². The minimum Gasteiger partial charge on any atom is -0.497 e. The summed E-state index contributed by atoms with van der Waals surface area (Å²) < 4.78 is 45.6. The molecule has 4 aromatic rings. The van der Waals surface area contributed by atoms with E-state index >= 15 is 0 Å². The van der Waals surface area contributed by atoms with E-state index in [-0.39, 0.29) is 48.7 Å². The van der Waals surface area contributed by atoms with Crippen LogP contribution in [0.2, 0.25) is 0 Å². The molecule has 1 saturated carbocycles. The Kier molecular flexibility index (Phi) is 7.72. The molecule has 2 amide bonds. The van der Waals surface area contributed by atoms with Crippen LogP contribution in [-0.2, 0) is 22.6 Å². The number of hydrogen-bond acceptors (Lipinski definition) is 9. The standard InChI is InChI=1S/C32H30F2N6O6/c1-44-20-5-2-18(3-6-20)16-39-30(42)17-45-26-8-9-28(37-31(26)39)40-24-7-4-19(12-27(24)46-32(40)43)35-10-11-38-25-14-22(34)21(33)13-23(25)36-15-29(38)41/h2-3,5-6,8-9,13-15,19,24,27,35H,4,7,10-12,16-17H2,1H3/t19-,24-,27+/m0/s1. The number of carbonyl (C=O) groups excluding carboxylic acids is 2. The smallest absolute Gasteiger partial charge is 0.416 e. The third-order valence-electron chi connectivity index (χ3n) is 8.67. The molecule has 7 rings (SSSR count). The van der Waals surface area contributed by atoms with Gasteiger partial charge in [0.1, 0.15) is 17.7 Å². The van der Waals surface area contributed by atoms with Crippen molar-refractivity contribution in [2.24, 2.45) is 0 Å². The molecule has 0 spiro atoms. The Morgan fingerprint density at radius 2 is 1.85 bits per heavy atom. The van der Waals surface area contributed by atoms with Crippen molar-refractivity contribution in [3.8, 4) is 11.5 Å². The number of anilines is 2. The molecule has 1 aliphatic carbocycles. The first kappa shape index (κ1) is 29.6. The third kappa shape index (κ3) is 5.49. The summed E-state index contributed by atoms with van der Waals surface area (Å²) in [4.78, 5) is 50.3. The van der Waals surface area contributed by atoms with Crippen LogP contribution in [0.5, 0.6) is 11.5 Å². The summed E-state index contributed by atoms with van der Waals surface area (Å²) in [5, 5.41) is 3.41. The fourth-order valence-electron chi connectivity index (χ4n) is 6.35. The zero-order valence-electron chi connectivity index (χ0n) is 24.8. The maximum Gasteiger partial charge on any atom is 0.416 e. The van der Waals surface area contributed by atoms with Crippen LogP contribution in [0.4, 0.5) is 25.2 Å². The van der Waals surface area contributed by atoms with Gasteiger partial charge >= 0.3 is 6.09 Å². The lowest BCUT2D eigenvalue weighted by molar-refractivity contribution is -0.121. The average molecular weight is 633 g/mol. The van der Waals surface area contributed by atoms with E-state index < -0.39 is 29.4 Å². The zero-order valence-corrected chi connectivity index (χ0v) is 24.8. The third-order valence-corrected chi connectivity index (χ3v) is 8.67. The van der Waals surface area contributed by atoms with Gasteiger partial charge in [-0.1, -0.05) is 12.1 Å². The molecule has 2 aromatic carbocycles. The molecular weight excluding hydrogens is 602 g/mol. The Labute approximate surface area is 261 Å². The SMILES string of the molecule is COc1ccc(CN2C(=O)COc3ccc(N4C(=O)O[C@@H]5C[C@@H](NCCn6c(=O)cnc7cc(F)c(F)cc76)CC[C@@H]54)nc32)cc1. The lowest BCUT2D eigenvalue weighted by Gasteiger charge is -2.34. The highest BCUT2D eigenvalue weighted by atomic mass is 19.2. The van der Waals surface area contributed by atoms with E-state index in [9.17, 15) is 23.2 Å². The average Bonchev–Trinajstić information content (AvgIpc) is 3.39. The molecule has 14 heteroatoms. The van der Waals surface area contributed by atoms with Gasteiger partial charge in [-0.05, 0) is 42.7 Å². The summed E-state index contributed by atoms with van der Waals surface area (Å²) in [6.07, 6.45) is 2.06. The van der Waals surface area contributed by atoms with Crippen LogP contribution in [0, 0.1) is 11.6 Å². The van der Waals surface area contributed by atoms with E-state index in [1.807, 2.05) is 24.3 Å². The fourth-order valence-corrected chi connectivity index (χ4v) is 6.35. The second-order valence-electron chi connectivity index (χ2n) is 11.4. The van der Waals surface area contributed by atoms with Gasteiger partial charge in [-0.2, -0.15) is 0 Å². The number of carbonyl (C=O) groups is 2. The van der Waals surface area contributed by atoms with Crippen molar-refractivity contribution in [1.29, 1.82) is 0 Å². The molecule has 46 heavy (non-hydrogen) atoms. The van der Waals surface area contributed by atoms with Crippen molar-refractivity contribution < 1.29 is 32.6 Å². The number of ether oxygens (including phenoxy) is 3. The summed E-state index contributed by atoms with van der Waals surface area (Å²) in [5.74, 6) is -0.477. The molecule has 2 aliphatic heterocycles. The summed E-state index contributed by atoms with van der Waals surface area (Å²) in [5.41, 5.74) is 0.859. The number of fused-ring (bicyclic) bond motifs is 3. The molecule has 0 bridgehead atoms. The Hall–Kier alpha value is -5.11. The highest BCUT2D eigenvalue weighted by molar-refractivity contribution is 5.97. The molecule has 0 unspecified atom stereocenters. The van der Waals surface area contributed by atoms with Crippen molar-refractivity contribution in [1.82, 2.24) is 19.9 Å². The molecule has 238 valence electrons. The van der Waals surface area contributed by atoms with Crippen LogP contribution in [0.15, 0.2) is 59.5 Å². The number of aromatic nitrogens is 3. The van der Waals surface area contributed by atoms with Gasteiger partial charge in [0.15, 0.2) is 29.8 Å². The van der Waals surface area contributed by atoms with Crippen molar-refractivity contribution in [3.05, 3.63) is 82.3 Å². The minimum absolute atomic E-state index is 0.00511. The molecule has 1 saturated heterocycles. The lowest BCUT2D eigenvalue weighted by atomic mass is 9.88. The van der Waals surface area contributed by atoms with E-state index in [0.29, 0.717) is 42.5 Å². The van der Waals surface area contributed by atoms with Gasteiger partial charge in [0.25, 0.3) is 11.5 Å². The van der Waals surface area contributed by atoms with Gasteiger partial charge in [-0.25, -0.2) is 23.5 Å². The highest BCUT2D eigenvalue weighted by Gasteiger charge is 2.47. The van der Waals surface area contributed by atoms with E-state index in [4.69, 9.17) is 19.2 Å². The molecule has 4 heterocycles. The number of benzene rings is 2. The van der Waals surface area contributed by atoms with Crippen molar-refractivity contribution in [3.63, 3.8) is 0 Å². The molecule has 12 nitrogen and oxygen atoms in total. The quantitative estimate of drug-likeness (QED) is 0.310. The summed E-state index contributed by atoms with van der Waals surface area (Å²) >= 11 is 0. The number of nitrogens with one attached hydrogen (secondary N) is 1. The number of nitrogens with zero attached hydrogens (tertiary/aromatic N) is 5. The van der Waals surface area contributed by atoms with Crippen molar-refractivity contribution in [2.75, 3.05) is 30.1 Å². The van der Waals surface area contributed by atoms with Gasteiger partial charge in [-0.3, -0.25) is 19.4 Å². The van der Waals surface area contributed by atoms with Crippen molar-refractivity contribution in [2.45, 2.75) is 50.5 Å². The maximum atomic E-state index is 13.9. The van der Waals surface area contributed by atoms with Crippen LogP contribution in [-0.4, -0.2) is 65.0 Å². The number of hydrogen-bond donors (Lipinski definition) is 1. The summed E-state index contributed by atoms with van der Waals surface area (Å²) in [6.45, 7) is 0.748. The Bertz CT molecular complexity index is 1890. The number of rotatable bonds is 8. The lowest BCUT2D eigenvalue weighted by Crippen LogP contribution is -2.47. The van der Waals surface area contributed by atoms with E-state index in [0.717, 1.165) is 30.3 Å². The Morgan fingerprint density at radius 3 is 2.65 bits per heavy atom. The number of amides is 2. The molecule has 1 N–H and O–H groups in total. The zero-order chi connectivity index (χ0) is 31.9. The highest BCUT2D eigenvalue weighted by Crippen LogP contribution is 2.39. The van der Waals surface area contributed by atoms with E-state index in [2.05, 4.69) is 10.3 Å². The second-order valence-corrected chi connectivity index (χ2v) is 11.4. The molecule has 2 aromatic heterocycles. The molecule has 3 atom stereocenters. The predicted octanol–water partition coefficient (Wildman–Crippen LogP) is 3.54. The predicted molar refractivity (Wildman–Crippen MR) is 162 cm³/mol. The number of methoxy groups -OCH3 is 1.